The first-order valence-electron chi connectivity index (χ1n) is 5.27. The van der Waals surface area contributed by atoms with E-state index in [1.807, 2.05) is 0 Å². The van der Waals surface area contributed by atoms with E-state index in [9.17, 15) is 4.79 Å². The molecule has 82 valence electrons. The van der Waals surface area contributed by atoms with Crippen molar-refractivity contribution in [1.82, 2.24) is 9.97 Å². The quantitative estimate of drug-likeness (QED) is 0.708. The van der Waals surface area contributed by atoms with E-state index in [0.29, 0.717) is 5.95 Å². The van der Waals surface area contributed by atoms with Crippen molar-refractivity contribution in [3.05, 3.63) is 16.4 Å². The zero-order chi connectivity index (χ0) is 10.8. The molecule has 5 nitrogen and oxygen atoms in total. The van der Waals surface area contributed by atoms with E-state index < -0.39 is 0 Å². The van der Waals surface area contributed by atoms with Gasteiger partial charge in [-0.15, -0.1) is 0 Å². The Balaban J connectivity index is 2.19. The highest BCUT2D eigenvalue weighted by Gasteiger charge is 2.17. The molecule has 2 heterocycles. The number of nitrogens with one attached hydrogen (secondary N) is 1. The fraction of sp³-hybridized carbons (Fsp3) is 0.600. The van der Waals surface area contributed by atoms with Gasteiger partial charge in [0, 0.05) is 19.2 Å². The summed E-state index contributed by atoms with van der Waals surface area (Å²) in [7, 11) is 0. The van der Waals surface area contributed by atoms with Crippen LogP contribution in [-0.2, 0) is 0 Å². The highest BCUT2D eigenvalue weighted by molar-refractivity contribution is 5.37. The second kappa shape index (κ2) is 3.92. The number of aromatic amines is 1. The van der Waals surface area contributed by atoms with E-state index >= 15 is 0 Å². The van der Waals surface area contributed by atoms with Crippen LogP contribution in [0.1, 0.15) is 19.8 Å². The average Bonchev–Trinajstić information content (AvgIpc) is 2.17. The monoisotopic (exact) mass is 208 g/mol. The van der Waals surface area contributed by atoms with E-state index in [2.05, 4.69) is 21.8 Å². The van der Waals surface area contributed by atoms with Crippen molar-refractivity contribution in [2.75, 3.05) is 23.7 Å². The molecule has 0 bridgehead atoms. The molecule has 5 heteroatoms. The third kappa shape index (κ3) is 2.29. The number of nitrogens with zero attached hydrogens (tertiary/aromatic N) is 2. The predicted molar refractivity (Wildman–Crippen MR) is 59.9 cm³/mol. The fourth-order valence-electron chi connectivity index (χ4n) is 1.83. The summed E-state index contributed by atoms with van der Waals surface area (Å²) in [6, 6.07) is 1.30. The molecule has 1 fully saturated rings. The van der Waals surface area contributed by atoms with Gasteiger partial charge in [0.2, 0.25) is 5.95 Å². The van der Waals surface area contributed by atoms with Crippen LogP contribution in [0.15, 0.2) is 10.9 Å². The van der Waals surface area contributed by atoms with Crippen molar-refractivity contribution in [2.24, 2.45) is 5.92 Å². The zero-order valence-electron chi connectivity index (χ0n) is 8.86. The lowest BCUT2D eigenvalue weighted by Gasteiger charge is -2.30. The van der Waals surface area contributed by atoms with Crippen LogP contribution in [0.4, 0.5) is 11.8 Å². The van der Waals surface area contributed by atoms with Gasteiger partial charge < -0.3 is 10.6 Å². The molecule has 1 aliphatic rings. The van der Waals surface area contributed by atoms with E-state index in [1.54, 1.807) is 0 Å². The number of hydrogen-bond donors (Lipinski definition) is 2. The van der Waals surface area contributed by atoms with Gasteiger partial charge in [-0.05, 0) is 18.8 Å². The van der Waals surface area contributed by atoms with Gasteiger partial charge in [-0.1, -0.05) is 6.92 Å². The maximum absolute atomic E-state index is 11.2. The second-order valence-corrected chi connectivity index (χ2v) is 4.16. The van der Waals surface area contributed by atoms with Crippen LogP contribution in [0.3, 0.4) is 0 Å². The average molecular weight is 208 g/mol. The summed E-state index contributed by atoms with van der Waals surface area (Å²) in [5, 5.41) is 0. The SMILES string of the molecule is CC1CCN(c2nc(N)cc(=O)[nH]2)CC1. The minimum atomic E-state index is -0.184. The summed E-state index contributed by atoms with van der Waals surface area (Å²) in [5.41, 5.74) is 5.35. The van der Waals surface area contributed by atoms with Crippen molar-refractivity contribution >= 4 is 11.8 Å². The normalized spacial score (nSPS) is 18.1. The Kier molecular flexibility index (Phi) is 2.62. The number of aromatic nitrogens is 2. The van der Waals surface area contributed by atoms with Gasteiger partial charge in [-0.2, -0.15) is 4.98 Å². The molecule has 3 N–H and O–H groups in total. The highest BCUT2D eigenvalue weighted by atomic mass is 16.1. The molecular formula is C10H16N4O. The molecular weight excluding hydrogens is 192 g/mol. The lowest BCUT2D eigenvalue weighted by atomic mass is 10.00. The van der Waals surface area contributed by atoms with Crippen molar-refractivity contribution in [3.63, 3.8) is 0 Å². The van der Waals surface area contributed by atoms with Gasteiger partial charge in [-0.3, -0.25) is 9.78 Å². The van der Waals surface area contributed by atoms with Crippen molar-refractivity contribution in [1.29, 1.82) is 0 Å². The minimum Gasteiger partial charge on any atom is -0.383 e. The summed E-state index contributed by atoms with van der Waals surface area (Å²) in [6.45, 7) is 4.12. The summed E-state index contributed by atoms with van der Waals surface area (Å²) >= 11 is 0. The van der Waals surface area contributed by atoms with Crippen LogP contribution in [0, 0.1) is 5.92 Å². The molecule has 1 aromatic heterocycles. The molecule has 1 aromatic rings. The molecule has 1 saturated heterocycles. The van der Waals surface area contributed by atoms with Crippen LogP contribution in [0.5, 0.6) is 0 Å². The van der Waals surface area contributed by atoms with E-state index in [0.717, 1.165) is 31.8 Å². The van der Waals surface area contributed by atoms with Gasteiger partial charge in [0.05, 0.1) is 0 Å². The second-order valence-electron chi connectivity index (χ2n) is 4.16. The van der Waals surface area contributed by atoms with E-state index in [1.165, 1.54) is 6.07 Å². The van der Waals surface area contributed by atoms with Crippen LogP contribution >= 0.6 is 0 Å². The Morgan fingerprint density at radius 1 is 1.53 bits per heavy atom. The Labute approximate surface area is 88.3 Å². The standard InChI is InChI=1S/C10H16N4O/c1-7-2-4-14(5-3-7)10-12-8(11)6-9(15)13-10/h6-7H,2-5H2,1H3,(H3,11,12,13,15). The van der Waals surface area contributed by atoms with Gasteiger partial charge in [0.15, 0.2) is 0 Å². The molecule has 0 aromatic carbocycles. The summed E-state index contributed by atoms with van der Waals surface area (Å²) in [6.07, 6.45) is 2.27. The molecule has 0 radical (unpaired) electrons. The lowest BCUT2D eigenvalue weighted by Crippen LogP contribution is -2.35. The van der Waals surface area contributed by atoms with E-state index in [4.69, 9.17) is 5.73 Å². The number of piperidine rings is 1. The molecule has 0 unspecified atom stereocenters. The molecule has 0 saturated carbocycles. The number of rotatable bonds is 1. The predicted octanol–water partition coefficient (Wildman–Crippen LogP) is 0.588. The molecule has 15 heavy (non-hydrogen) atoms. The van der Waals surface area contributed by atoms with Gasteiger partial charge in [0.1, 0.15) is 5.82 Å². The van der Waals surface area contributed by atoms with Crippen LogP contribution in [0.25, 0.3) is 0 Å². The Morgan fingerprint density at radius 3 is 2.80 bits per heavy atom. The first kappa shape index (κ1) is 10.0. The van der Waals surface area contributed by atoms with Crippen LogP contribution in [0.2, 0.25) is 0 Å². The topological polar surface area (TPSA) is 75.0 Å². The third-order valence-electron chi connectivity index (χ3n) is 2.83. The minimum absolute atomic E-state index is 0.184. The summed E-state index contributed by atoms with van der Waals surface area (Å²) in [5.74, 6) is 1.65. The number of anilines is 2. The Hall–Kier alpha value is -1.52. The zero-order valence-corrected chi connectivity index (χ0v) is 8.86. The summed E-state index contributed by atoms with van der Waals surface area (Å²) in [4.78, 5) is 20.1. The lowest BCUT2D eigenvalue weighted by molar-refractivity contribution is 0.434. The van der Waals surface area contributed by atoms with Crippen molar-refractivity contribution in [2.45, 2.75) is 19.8 Å². The largest absolute Gasteiger partial charge is 0.383 e. The van der Waals surface area contributed by atoms with Crippen molar-refractivity contribution in [3.8, 4) is 0 Å². The van der Waals surface area contributed by atoms with E-state index in [-0.39, 0.29) is 11.4 Å². The first-order chi connectivity index (χ1) is 7.15. The molecule has 0 atom stereocenters. The van der Waals surface area contributed by atoms with Gasteiger partial charge >= 0.3 is 0 Å². The third-order valence-corrected chi connectivity index (χ3v) is 2.83. The number of nitrogens with two attached hydrogens (primary N) is 1. The number of H-pyrrole nitrogens is 1. The Bertz CT molecular complexity index is 393. The first-order valence-corrected chi connectivity index (χ1v) is 5.27. The fourth-order valence-corrected chi connectivity index (χ4v) is 1.83. The number of nitrogen functional groups attached to an aromatic ring is 1. The highest BCUT2D eigenvalue weighted by Crippen LogP contribution is 2.19. The maximum atomic E-state index is 11.2. The molecule has 2 rings (SSSR count). The Morgan fingerprint density at radius 2 is 2.20 bits per heavy atom. The molecule has 0 spiro atoms. The van der Waals surface area contributed by atoms with Crippen LogP contribution < -0.4 is 16.2 Å². The van der Waals surface area contributed by atoms with Gasteiger partial charge in [0.25, 0.3) is 5.56 Å². The number of hydrogen-bond acceptors (Lipinski definition) is 4. The molecule has 0 amide bonds. The smallest absolute Gasteiger partial charge is 0.254 e. The maximum Gasteiger partial charge on any atom is 0.254 e. The molecule has 1 aliphatic heterocycles. The van der Waals surface area contributed by atoms with Gasteiger partial charge in [-0.25, -0.2) is 0 Å². The summed E-state index contributed by atoms with van der Waals surface area (Å²) < 4.78 is 0. The molecule has 0 aliphatic carbocycles. The van der Waals surface area contributed by atoms with Crippen LogP contribution in [-0.4, -0.2) is 23.1 Å². The van der Waals surface area contributed by atoms with Crippen molar-refractivity contribution < 1.29 is 0 Å².